The van der Waals surface area contributed by atoms with Crippen LogP contribution in [0.5, 0.6) is 0 Å². The van der Waals surface area contributed by atoms with Crippen LogP contribution < -0.4 is 10.2 Å². The summed E-state index contributed by atoms with van der Waals surface area (Å²) in [6.07, 6.45) is 2.60. The van der Waals surface area contributed by atoms with Crippen molar-refractivity contribution in [2.75, 3.05) is 38.3 Å². The molecule has 1 atom stereocenters. The van der Waals surface area contributed by atoms with Gasteiger partial charge in [-0.1, -0.05) is 6.07 Å². The Hall–Kier alpha value is -1.17. The van der Waals surface area contributed by atoms with Gasteiger partial charge in [0.1, 0.15) is 5.82 Å². The van der Waals surface area contributed by atoms with E-state index in [0.717, 1.165) is 37.4 Å². The molecule has 2 rings (SSSR count). The first-order valence-electron chi connectivity index (χ1n) is 6.73. The summed E-state index contributed by atoms with van der Waals surface area (Å²) in [4.78, 5) is 6.63. The lowest BCUT2D eigenvalue weighted by molar-refractivity contribution is 0.0839. The monoisotopic (exact) mass is 265 g/mol. The second-order valence-electron chi connectivity index (χ2n) is 5.32. The molecule has 0 aromatic carbocycles. The van der Waals surface area contributed by atoms with Gasteiger partial charge in [-0.3, -0.25) is 0 Å². The van der Waals surface area contributed by atoms with Crippen molar-refractivity contribution in [3.05, 3.63) is 23.9 Å². The molecule has 1 aliphatic heterocycles. The predicted molar refractivity (Wildman–Crippen MR) is 75.3 cm³/mol. The number of aliphatic hydroxyl groups is 1. The zero-order valence-corrected chi connectivity index (χ0v) is 11.7. The molecule has 5 nitrogen and oxygen atoms in total. The van der Waals surface area contributed by atoms with Crippen molar-refractivity contribution in [1.82, 2.24) is 10.3 Å². The zero-order chi connectivity index (χ0) is 13.7. The van der Waals surface area contributed by atoms with E-state index < -0.39 is 5.60 Å². The SMILES string of the molecule is COCCNCc1cccnc1N1CCC(C)(O)C1. The Morgan fingerprint density at radius 2 is 2.42 bits per heavy atom. The average molecular weight is 265 g/mol. The number of hydrogen-bond acceptors (Lipinski definition) is 5. The zero-order valence-electron chi connectivity index (χ0n) is 11.7. The molecule has 0 bridgehead atoms. The lowest BCUT2D eigenvalue weighted by Crippen LogP contribution is -2.31. The van der Waals surface area contributed by atoms with Crippen LogP contribution in [0.25, 0.3) is 0 Å². The van der Waals surface area contributed by atoms with E-state index in [0.29, 0.717) is 13.2 Å². The second-order valence-corrected chi connectivity index (χ2v) is 5.32. The van der Waals surface area contributed by atoms with E-state index in [-0.39, 0.29) is 0 Å². The normalized spacial score (nSPS) is 23.0. The van der Waals surface area contributed by atoms with Gasteiger partial charge in [-0.25, -0.2) is 4.98 Å². The molecule has 2 heterocycles. The van der Waals surface area contributed by atoms with Gasteiger partial charge in [0, 0.05) is 45.0 Å². The molecule has 1 aliphatic rings. The van der Waals surface area contributed by atoms with Crippen LogP contribution in [0.3, 0.4) is 0 Å². The molecule has 0 amide bonds. The van der Waals surface area contributed by atoms with Crippen LogP contribution in [-0.4, -0.2) is 49.0 Å². The van der Waals surface area contributed by atoms with E-state index in [1.807, 2.05) is 13.0 Å². The number of ether oxygens (including phenoxy) is 1. The molecule has 1 aromatic rings. The number of pyridine rings is 1. The third-order valence-corrected chi connectivity index (χ3v) is 3.42. The van der Waals surface area contributed by atoms with Gasteiger partial charge in [-0.15, -0.1) is 0 Å². The van der Waals surface area contributed by atoms with Gasteiger partial charge < -0.3 is 20.1 Å². The van der Waals surface area contributed by atoms with Crippen LogP contribution in [0.4, 0.5) is 5.82 Å². The summed E-state index contributed by atoms with van der Waals surface area (Å²) in [5.41, 5.74) is 0.564. The summed E-state index contributed by atoms with van der Waals surface area (Å²) in [7, 11) is 1.70. The molecular weight excluding hydrogens is 242 g/mol. The molecule has 5 heteroatoms. The smallest absolute Gasteiger partial charge is 0.133 e. The standard InChI is InChI=1S/C14H23N3O2/c1-14(18)5-8-17(11-14)13-12(4-3-6-16-13)10-15-7-9-19-2/h3-4,6,15,18H,5,7-11H2,1-2H3. The minimum absolute atomic E-state index is 0.599. The summed E-state index contributed by atoms with van der Waals surface area (Å²) in [6.45, 7) is 5.68. The van der Waals surface area contributed by atoms with E-state index in [1.54, 1.807) is 13.3 Å². The Kier molecular flexibility index (Phi) is 4.74. The van der Waals surface area contributed by atoms with Crippen LogP contribution in [0.1, 0.15) is 18.9 Å². The molecule has 1 fully saturated rings. The van der Waals surface area contributed by atoms with Crippen molar-refractivity contribution < 1.29 is 9.84 Å². The molecule has 1 aromatic heterocycles. The maximum atomic E-state index is 10.1. The number of β-amino-alcohol motifs (C(OH)–C–C–N with tert-alkyl or cyclic N) is 1. The molecular formula is C14H23N3O2. The quantitative estimate of drug-likeness (QED) is 0.744. The minimum Gasteiger partial charge on any atom is -0.388 e. The molecule has 1 saturated heterocycles. The highest BCUT2D eigenvalue weighted by Crippen LogP contribution is 2.27. The van der Waals surface area contributed by atoms with Gasteiger partial charge in [0.2, 0.25) is 0 Å². The lowest BCUT2D eigenvalue weighted by Gasteiger charge is -2.22. The van der Waals surface area contributed by atoms with Crippen LogP contribution in [-0.2, 0) is 11.3 Å². The highest BCUT2D eigenvalue weighted by atomic mass is 16.5. The number of nitrogens with one attached hydrogen (secondary N) is 1. The fraction of sp³-hybridized carbons (Fsp3) is 0.643. The van der Waals surface area contributed by atoms with Gasteiger partial charge in [-0.05, 0) is 19.4 Å². The van der Waals surface area contributed by atoms with Crippen molar-refractivity contribution in [3.8, 4) is 0 Å². The van der Waals surface area contributed by atoms with Crippen LogP contribution in [0.2, 0.25) is 0 Å². The Balaban J connectivity index is 2.00. The predicted octanol–water partition coefficient (Wildman–Crippen LogP) is 0.779. The van der Waals surface area contributed by atoms with E-state index in [2.05, 4.69) is 21.3 Å². The van der Waals surface area contributed by atoms with E-state index in [9.17, 15) is 5.11 Å². The van der Waals surface area contributed by atoms with Crippen LogP contribution in [0, 0.1) is 0 Å². The summed E-state index contributed by atoms with van der Waals surface area (Å²) in [5, 5.41) is 13.4. The Bertz CT molecular complexity index is 409. The average Bonchev–Trinajstić information content (AvgIpc) is 2.75. The number of nitrogens with zero attached hydrogens (tertiary/aromatic N) is 2. The Morgan fingerprint density at radius 3 is 3.11 bits per heavy atom. The van der Waals surface area contributed by atoms with Crippen LogP contribution in [0.15, 0.2) is 18.3 Å². The second kappa shape index (κ2) is 6.32. The van der Waals surface area contributed by atoms with E-state index in [4.69, 9.17) is 4.74 Å². The fourth-order valence-electron chi connectivity index (χ4n) is 2.38. The molecule has 19 heavy (non-hydrogen) atoms. The van der Waals surface area contributed by atoms with Crippen molar-refractivity contribution in [2.24, 2.45) is 0 Å². The van der Waals surface area contributed by atoms with Gasteiger partial charge >= 0.3 is 0 Å². The highest BCUT2D eigenvalue weighted by molar-refractivity contribution is 5.48. The van der Waals surface area contributed by atoms with Gasteiger partial charge in [0.25, 0.3) is 0 Å². The Labute approximate surface area is 114 Å². The number of hydrogen-bond donors (Lipinski definition) is 2. The topological polar surface area (TPSA) is 57.6 Å². The van der Waals surface area contributed by atoms with Gasteiger partial charge in [0.05, 0.1) is 12.2 Å². The highest BCUT2D eigenvalue weighted by Gasteiger charge is 2.32. The first-order valence-corrected chi connectivity index (χ1v) is 6.73. The number of anilines is 1. The fourth-order valence-corrected chi connectivity index (χ4v) is 2.38. The first kappa shape index (κ1) is 14.2. The van der Waals surface area contributed by atoms with Crippen molar-refractivity contribution in [3.63, 3.8) is 0 Å². The third-order valence-electron chi connectivity index (χ3n) is 3.42. The van der Waals surface area contributed by atoms with Crippen molar-refractivity contribution >= 4 is 5.82 Å². The van der Waals surface area contributed by atoms with Crippen LogP contribution >= 0.6 is 0 Å². The van der Waals surface area contributed by atoms with Crippen molar-refractivity contribution in [1.29, 1.82) is 0 Å². The third kappa shape index (κ3) is 3.89. The number of methoxy groups -OCH3 is 1. The number of aromatic nitrogens is 1. The number of rotatable bonds is 6. The largest absolute Gasteiger partial charge is 0.388 e. The van der Waals surface area contributed by atoms with Gasteiger partial charge in [-0.2, -0.15) is 0 Å². The molecule has 106 valence electrons. The minimum atomic E-state index is -0.599. The molecule has 0 radical (unpaired) electrons. The summed E-state index contributed by atoms with van der Waals surface area (Å²) < 4.78 is 5.02. The lowest BCUT2D eigenvalue weighted by atomic mass is 10.1. The molecule has 0 aliphatic carbocycles. The maximum absolute atomic E-state index is 10.1. The molecule has 0 spiro atoms. The summed E-state index contributed by atoms with van der Waals surface area (Å²) >= 11 is 0. The maximum Gasteiger partial charge on any atom is 0.133 e. The summed E-state index contributed by atoms with van der Waals surface area (Å²) in [6, 6.07) is 4.03. The molecule has 0 saturated carbocycles. The van der Waals surface area contributed by atoms with E-state index in [1.165, 1.54) is 0 Å². The van der Waals surface area contributed by atoms with Crippen molar-refractivity contribution in [2.45, 2.75) is 25.5 Å². The summed E-state index contributed by atoms with van der Waals surface area (Å²) in [5.74, 6) is 0.977. The Morgan fingerprint density at radius 1 is 1.58 bits per heavy atom. The van der Waals surface area contributed by atoms with Gasteiger partial charge in [0.15, 0.2) is 0 Å². The van der Waals surface area contributed by atoms with E-state index >= 15 is 0 Å². The first-order chi connectivity index (χ1) is 9.12. The molecule has 1 unspecified atom stereocenters. The molecule has 2 N–H and O–H groups in total.